The van der Waals surface area contributed by atoms with Crippen LogP contribution in [0.25, 0.3) is 0 Å². The number of esters is 1. The number of carbonyl (C=O) groups is 1. The third-order valence-electron chi connectivity index (χ3n) is 1.86. The molecular weight excluding hydrogens is 183 g/mol. The molecule has 0 fully saturated rings. The van der Waals surface area contributed by atoms with Gasteiger partial charge in [0.05, 0.1) is 12.2 Å². The zero-order valence-corrected chi connectivity index (χ0v) is 8.34. The molecule has 3 heteroatoms. The summed E-state index contributed by atoms with van der Waals surface area (Å²) < 4.78 is 18.1. The maximum Gasteiger partial charge on any atom is 0.341 e. The van der Waals surface area contributed by atoms with Crippen molar-refractivity contribution in [2.75, 3.05) is 6.61 Å². The fourth-order valence-corrected chi connectivity index (χ4v) is 1.16. The molecule has 0 saturated carbocycles. The van der Waals surface area contributed by atoms with Gasteiger partial charge in [-0.25, -0.2) is 9.18 Å². The first-order valence-corrected chi connectivity index (χ1v) is 4.59. The lowest BCUT2D eigenvalue weighted by atomic mass is 10.1. The quantitative estimate of drug-likeness (QED) is 0.695. The Morgan fingerprint density at radius 1 is 1.50 bits per heavy atom. The average molecular weight is 196 g/mol. The summed E-state index contributed by atoms with van der Waals surface area (Å²) in [6.07, 6.45) is 0.735. The molecule has 1 aromatic carbocycles. The maximum absolute atomic E-state index is 13.2. The predicted molar refractivity (Wildman–Crippen MR) is 51.7 cm³/mol. The van der Waals surface area contributed by atoms with E-state index in [1.807, 2.05) is 6.92 Å². The van der Waals surface area contributed by atoms with E-state index in [9.17, 15) is 9.18 Å². The number of carbonyl (C=O) groups excluding carboxylic acids is 1. The largest absolute Gasteiger partial charge is 0.462 e. The molecule has 0 unspecified atom stereocenters. The standard InChI is InChI=1S/C11H13FO2/c1-3-7-14-11(13)10-8(2)5-4-6-9(10)12/h4-6H,3,7H2,1-2H3. The first-order valence-electron chi connectivity index (χ1n) is 4.59. The maximum atomic E-state index is 13.2. The summed E-state index contributed by atoms with van der Waals surface area (Å²) in [4.78, 5) is 11.4. The van der Waals surface area contributed by atoms with Crippen LogP contribution in [0.1, 0.15) is 29.3 Å². The Kier molecular flexibility index (Phi) is 3.63. The molecule has 0 aliphatic rings. The monoisotopic (exact) mass is 196 g/mol. The normalized spacial score (nSPS) is 9.93. The lowest BCUT2D eigenvalue weighted by Gasteiger charge is -2.06. The van der Waals surface area contributed by atoms with Crippen LogP contribution in [0.5, 0.6) is 0 Å². The highest BCUT2D eigenvalue weighted by Crippen LogP contribution is 2.13. The Morgan fingerprint density at radius 2 is 2.21 bits per heavy atom. The third kappa shape index (κ3) is 2.31. The second kappa shape index (κ2) is 4.74. The lowest BCUT2D eigenvalue weighted by Crippen LogP contribution is -2.10. The first kappa shape index (κ1) is 10.7. The van der Waals surface area contributed by atoms with E-state index in [0.29, 0.717) is 12.2 Å². The summed E-state index contributed by atoms with van der Waals surface area (Å²) in [6, 6.07) is 4.52. The van der Waals surface area contributed by atoms with Crippen LogP contribution in [0.4, 0.5) is 4.39 Å². The van der Waals surface area contributed by atoms with Gasteiger partial charge in [-0.05, 0) is 25.0 Å². The van der Waals surface area contributed by atoms with Crippen LogP contribution in [-0.4, -0.2) is 12.6 Å². The molecule has 0 heterocycles. The summed E-state index contributed by atoms with van der Waals surface area (Å²) in [7, 11) is 0. The minimum absolute atomic E-state index is 0.0425. The summed E-state index contributed by atoms with van der Waals surface area (Å²) in [5.74, 6) is -1.10. The molecule has 14 heavy (non-hydrogen) atoms. The highest BCUT2D eigenvalue weighted by molar-refractivity contribution is 5.91. The number of halogens is 1. The van der Waals surface area contributed by atoms with Crippen LogP contribution < -0.4 is 0 Å². The van der Waals surface area contributed by atoms with Crippen molar-refractivity contribution in [3.8, 4) is 0 Å². The number of hydrogen-bond donors (Lipinski definition) is 0. The molecule has 0 aromatic heterocycles. The van der Waals surface area contributed by atoms with Gasteiger partial charge in [0.1, 0.15) is 5.82 Å². The summed E-state index contributed by atoms with van der Waals surface area (Å²) in [5, 5.41) is 0. The molecule has 0 atom stereocenters. The molecule has 0 bridgehead atoms. The molecule has 0 radical (unpaired) electrons. The minimum atomic E-state index is -0.581. The number of benzene rings is 1. The van der Waals surface area contributed by atoms with Crippen LogP contribution in [0.15, 0.2) is 18.2 Å². The van der Waals surface area contributed by atoms with Crippen LogP contribution in [0.3, 0.4) is 0 Å². The second-order valence-electron chi connectivity index (χ2n) is 3.07. The minimum Gasteiger partial charge on any atom is -0.462 e. The molecule has 0 amide bonds. The zero-order valence-electron chi connectivity index (χ0n) is 8.34. The molecule has 0 saturated heterocycles. The molecule has 0 spiro atoms. The van der Waals surface area contributed by atoms with E-state index in [0.717, 1.165) is 6.42 Å². The molecular formula is C11H13FO2. The first-order chi connectivity index (χ1) is 6.66. The van der Waals surface area contributed by atoms with Crippen molar-refractivity contribution in [2.45, 2.75) is 20.3 Å². The van der Waals surface area contributed by atoms with Crippen molar-refractivity contribution in [2.24, 2.45) is 0 Å². The van der Waals surface area contributed by atoms with Gasteiger partial charge in [0.25, 0.3) is 0 Å². The summed E-state index contributed by atoms with van der Waals surface area (Å²) in [5.41, 5.74) is 0.645. The Labute approximate surface area is 82.7 Å². The lowest BCUT2D eigenvalue weighted by molar-refractivity contribution is 0.0499. The van der Waals surface area contributed by atoms with Gasteiger partial charge >= 0.3 is 5.97 Å². The molecule has 76 valence electrons. The van der Waals surface area contributed by atoms with E-state index in [1.54, 1.807) is 19.1 Å². The molecule has 0 N–H and O–H groups in total. The van der Waals surface area contributed by atoms with E-state index in [4.69, 9.17) is 4.74 Å². The van der Waals surface area contributed by atoms with Crippen LogP contribution in [0, 0.1) is 12.7 Å². The van der Waals surface area contributed by atoms with Gasteiger partial charge in [0.2, 0.25) is 0 Å². The number of hydrogen-bond acceptors (Lipinski definition) is 2. The van der Waals surface area contributed by atoms with Crippen molar-refractivity contribution in [3.63, 3.8) is 0 Å². The smallest absolute Gasteiger partial charge is 0.341 e. The molecule has 1 rings (SSSR count). The van der Waals surface area contributed by atoms with Gasteiger partial charge in [0, 0.05) is 0 Å². The van der Waals surface area contributed by atoms with Crippen LogP contribution >= 0.6 is 0 Å². The molecule has 0 aliphatic heterocycles. The van der Waals surface area contributed by atoms with Crippen molar-refractivity contribution in [1.29, 1.82) is 0 Å². The summed E-state index contributed by atoms with van der Waals surface area (Å²) in [6.45, 7) is 3.90. The Balaban J connectivity index is 2.89. The van der Waals surface area contributed by atoms with Gasteiger partial charge in [-0.2, -0.15) is 0 Å². The van der Waals surface area contributed by atoms with Gasteiger partial charge in [-0.15, -0.1) is 0 Å². The number of aryl methyl sites for hydroxylation is 1. The third-order valence-corrected chi connectivity index (χ3v) is 1.86. The van der Waals surface area contributed by atoms with E-state index in [-0.39, 0.29) is 5.56 Å². The number of ether oxygens (including phenoxy) is 1. The molecule has 1 aromatic rings. The fraction of sp³-hybridized carbons (Fsp3) is 0.364. The van der Waals surface area contributed by atoms with Gasteiger partial charge in [-0.3, -0.25) is 0 Å². The van der Waals surface area contributed by atoms with E-state index in [1.165, 1.54) is 6.07 Å². The van der Waals surface area contributed by atoms with Crippen molar-refractivity contribution in [3.05, 3.63) is 35.1 Å². The summed E-state index contributed by atoms with van der Waals surface area (Å²) >= 11 is 0. The van der Waals surface area contributed by atoms with Crippen molar-refractivity contribution in [1.82, 2.24) is 0 Å². The topological polar surface area (TPSA) is 26.3 Å². The predicted octanol–water partition coefficient (Wildman–Crippen LogP) is 2.70. The van der Waals surface area contributed by atoms with Crippen molar-refractivity contribution >= 4 is 5.97 Å². The Morgan fingerprint density at radius 3 is 2.79 bits per heavy atom. The van der Waals surface area contributed by atoms with Crippen LogP contribution in [0.2, 0.25) is 0 Å². The van der Waals surface area contributed by atoms with Gasteiger partial charge in [-0.1, -0.05) is 19.1 Å². The van der Waals surface area contributed by atoms with Gasteiger partial charge < -0.3 is 4.74 Å². The Hall–Kier alpha value is -1.38. The second-order valence-corrected chi connectivity index (χ2v) is 3.07. The zero-order chi connectivity index (χ0) is 10.6. The molecule has 2 nitrogen and oxygen atoms in total. The van der Waals surface area contributed by atoms with E-state index < -0.39 is 11.8 Å². The average Bonchev–Trinajstić information content (AvgIpc) is 2.14. The van der Waals surface area contributed by atoms with Crippen molar-refractivity contribution < 1.29 is 13.9 Å². The highest BCUT2D eigenvalue weighted by atomic mass is 19.1. The number of rotatable bonds is 3. The van der Waals surface area contributed by atoms with E-state index in [2.05, 4.69) is 0 Å². The van der Waals surface area contributed by atoms with E-state index >= 15 is 0 Å². The highest BCUT2D eigenvalue weighted by Gasteiger charge is 2.14. The van der Waals surface area contributed by atoms with Gasteiger partial charge in [0.15, 0.2) is 0 Å². The SMILES string of the molecule is CCCOC(=O)c1c(C)cccc1F. The fourth-order valence-electron chi connectivity index (χ4n) is 1.16. The van der Waals surface area contributed by atoms with Crippen LogP contribution in [-0.2, 0) is 4.74 Å². The molecule has 0 aliphatic carbocycles. The Bertz CT molecular complexity index is 314.